The normalized spacial score (nSPS) is 14.3. The second kappa shape index (κ2) is 14.3. The van der Waals surface area contributed by atoms with Gasteiger partial charge >= 0.3 is 12.1 Å². The Morgan fingerprint density at radius 1 is 0.804 bits per heavy atom. The Hall–Kier alpha value is -5.16. The fraction of sp³-hybridized carbons (Fsp3) is 0.229. The average Bonchev–Trinajstić information content (AvgIpc) is 3.08. The SMILES string of the molecule is COC(=O)CNC(=O)C(c1ccccc1)N1CCN(c2ccc(NC(=O)c3ccccc3-c3ccc(C(F)(F)F)cc3)cc2)CC1. The highest BCUT2D eigenvalue weighted by molar-refractivity contribution is 6.08. The van der Waals surface area contributed by atoms with Crippen LogP contribution in [-0.2, 0) is 20.5 Å². The van der Waals surface area contributed by atoms with Crippen LogP contribution >= 0.6 is 0 Å². The van der Waals surface area contributed by atoms with Crippen LogP contribution in [0.25, 0.3) is 11.1 Å². The lowest BCUT2D eigenvalue weighted by Gasteiger charge is -2.39. The number of nitrogens with zero attached hydrogens (tertiary/aromatic N) is 2. The maximum absolute atomic E-state index is 13.2. The molecule has 0 spiro atoms. The number of rotatable bonds is 9. The highest BCUT2D eigenvalue weighted by Crippen LogP contribution is 2.32. The lowest BCUT2D eigenvalue weighted by atomic mass is 9.98. The molecule has 0 bridgehead atoms. The molecule has 0 radical (unpaired) electrons. The van der Waals surface area contributed by atoms with Gasteiger partial charge in [-0.1, -0.05) is 60.7 Å². The lowest BCUT2D eigenvalue weighted by Crippen LogP contribution is -2.51. The van der Waals surface area contributed by atoms with E-state index in [1.807, 2.05) is 42.5 Å². The van der Waals surface area contributed by atoms with Gasteiger partial charge in [-0.3, -0.25) is 19.3 Å². The molecule has 1 aliphatic heterocycles. The number of hydrogen-bond acceptors (Lipinski definition) is 6. The van der Waals surface area contributed by atoms with Crippen LogP contribution in [0.2, 0.25) is 0 Å². The predicted molar refractivity (Wildman–Crippen MR) is 169 cm³/mol. The summed E-state index contributed by atoms with van der Waals surface area (Å²) >= 11 is 0. The lowest BCUT2D eigenvalue weighted by molar-refractivity contribution is -0.142. The number of hydrogen-bond donors (Lipinski definition) is 2. The fourth-order valence-electron chi connectivity index (χ4n) is 5.46. The van der Waals surface area contributed by atoms with Crippen molar-refractivity contribution in [2.45, 2.75) is 12.2 Å². The molecule has 4 aromatic rings. The van der Waals surface area contributed by atoms with E-state index in [1.54, 1.807) is 36.4 Å². The summed E-state index contributed by atoms with van der Waals surface area (Å²) in [5, 5.41) is 5.57. The summed E-state index contributed by atoms with van der Waals surface area (Å²) in [7, 11) is 1.27. The number of amides is 2. The molecule has 5 rings (SSSR count). The Kier molecular flexibility index (Phi) is 10.0. The van der Waals surface area contributed by atoms with Gasteiger partial charge < -0.3 is 20.3 Å². The van der Waals surface area contributed by atoms with Crippen LogP contribution in [0.15, 0.2) is 103 Å². The molecule has 0 saturated carbocycles. The molecule has 46 heavy (non-hydrogen) atoms. The zero-order valence-corrected chi connectivity index (χ0v) is 25.1. The van der Waals surface area contributed by atoms with Crippen molar-refractivity contribution in [2.75, 3.05) is 50.1 Å². The monoisotopic (exact) mass is 630 g/mol. The minimum absolute atomic E-state index is 0.206. The number of anilines is 2. The third-order valence-corrected chi connectivity index (χ3v) is 7.86. The summed E-state index contributed by atoms with van der Waals surface area (Å²) < 4.78 is 43.7. The van der Waals surface area contributed by atoms with Crippen molar-refractivity contribution in [2.24, 2.45) is 0 Å². The third-order valence-electron chi connectivity index (χ3n) is 7.86. The Morgan fingerprint density at radius 3 is 2.07 bits per heavy atom. The topological polar surface area (TPSA) is 91.0 Å². The molecule has 238 valence electrons. The van der Waals surface area contributed by atoms with E-state index in [4.69, 9.17) is 0 Å². The van der Waals surface area contributed by atoms with E-state index in [1.165, 1.54) is 19.2 Å². The number of halogens is 3. The number of nitrogens with one attached hydrogen (secondary N) is 2. The van der Waals surface area contributed by atoms with Gasteiger partial charge in [0.15, 0.2) is 0 Å². The van der Waals surface area contributed by atoms with Crippen LogP contribution in [0, 0.1) is 0 Å². The fourth-order valence-corrected chi connectivity index (χ4v) is 5.46. The summed E-state index contributed by atoms with van der Waals surface area (Å²) in [4.78, 5) is 42.3. The van der Waals surface area contributed by atoms with E-state index in [-0.39, 0.29) is 18.4 Å². The second-order valence-electron chi connectivity index (χ2n) is 10.8. The molecule has 1 aliphatic rings. The second-order valence-corrected chi connectivity index (χ2v) is 10.8. The minimum atomic E-state index is -4.44. The smallest absolute Gasteiger partial charge is 0.416 e. The van der Waals surface area contributed by atoms with Crippen molar-refractivity contribution >= 4 is 29.2 Å². The van der Waals surface area contributed by atoms with Gasteiger partial charge in [-0.05, 0) is 59.2 Å². The number of esters is 1. The van der Waals surface area contributed by atoms with Crippen LogP contribution in [0.1, 0.15) is 27.5 Å². The molecule has 1 heterocycles. The van der Waals surface area contributed by atoms with E-state index in [9.17, 15) is 27.6 Å². The highest BCUT2D eigenvalue weighted by atomic mass is 19.4. The molecule has 1 fully saturated rings. The van der Waals surface area contributed by atoms with Gasteiger partial charge in [0.2, 0.25) is 5.91 Å². The minimum Gasteiger partial charge on any atom is -0.468 e. The van der Waals surface area contributed by atoms with Crippen LogP contribution in [0.3, 0.4) is 0 Å². The Morgan fingerprint density at radius 2 is 1.43 bits per heavy atom. The van der Waals surface area contributed by atoms with E-state index in [0.717, 1.165) is 23.4 Å². The molecule has 4 aromatic carbocycles. The standard InChI is InChI=1S/C35H33F3N4O4/c1-46-31(43)23-39-34(45)32(25-7-3-2-4-8-25)42-21-19-41(20-22-42)28-17-15-27(16-18-28)40-33(44)30-10-6-5-9-29(30)24-11-13-26(14-12-24)35(36,37)38/h2-18,32H,19-23H2,1H3,(H,39,45)(H,40,44). The molecule has 2 N–H and O–H groups in total. The predicted octanol–water partition coefficient (Wildman–Crippen LogP) is 5.78. The highest BCUT2D eigenvalue weighted by Gasteiger charge is 2.31. The maximum atomic E-state index is 13.2. The summed E-state index contributed by atoms with van der Waals surface area (Å²) in [6.07, 6.45) is -4.44. The van der Waals surface area contributed by atoms with E-state index in [2.05, 4.69) is 25.2 Å². The molecule has 11 heteroatoms. The Labute approximate surface area is 264 Å². The zero-order valence-electron chi connectivity index (χ0n) is 25.1. The number of ether oxygens (including phenoxy) is 1. The summed E-state index contributed by atoms with van der Waals surface area (Å²) in [6, 6.07) is 27.8. The largest absolute Gasteiger partial charge is 0.468 e. The number of benzene rings is 4. The van der Waals surface area contributed by atoms with Crippen molar-refractivity contribution in [3.05, 3.63) is 120 Å². The number of carbonyl (C=O) groups is 3. The molecule has 1 unspecified atom stereocenters. The van der Waals surface area contributed by atoms with Gasteiger partial charge in [0.1, 0.15) is 12.6 Å². The third kappa shape index (κ3) is 7.73. The summed E-state index contributed by atoms with van der Waals surface area (Å²) in [6.45, 7) is 2.30. The first kappa shape index (κ1) is 32.2. The number of methoxy groups -OCH3 is 1. The number of carbonyl (C=O) groups excluding carboxylic acids is 3. The van der Waals surface area contributed by atoms with Gasteiger partial charge in [0.25, 0.3) is 5.91 Å². The van der Waals surface area contributed by atoms with Crippen molar-refractivity contribution < 1.29 is 32.3 Å². The zero-order chi connectivity index (χ0) is 32.7. The molecule has 0 aromatic heterocycles. The van der Waals surface area contributed by atoms with Crippen LogP contribution < -0.4 is 15.5 Å². The first-order valence-electron chi connectivity index (χ1n) is 14.7. The molecule has 0 aliphatic carbocycles. The molecule has 2 amide bonds. The molecule has 1 saturated heterocycles. The van der Waals surface area contributed by atoms with Crippen molar-refractivity contribution in [1.82, 2.24) is 10.2 Å². The van der Waals surface area contributed by atoms with E-state index in [0.29, 0.717) is 48.6 Å². The van der Waals surface area contributed by atoms with E-state index >= 15 is 0 Å². The first-order valence-corrected chi connectivity index (χ1v) is 14.7. The molecule has 1 atom stereocenters. The van der Waals surface area contributed by atoms with Crippen molar-refractivity contribution in [1.29, 1.82) is 0 Å². The quantitative estimate of drug-likeness (QED) is 0.228. The van der Waals surface area contributed by atoms with Crippen molar-refractivity contribution in [3.63, 3.8) is 0 Å². The number of alkyl halides is 3. The molecular weight excluding hydrogens is 597 g/mol. The van der Waals surface area contributed by atoms with Gasteiger partial charge in [-0.15, -0.1) is 0 Å². The van der Waals surface area contributed by atoms with Crippen LogP contribution in [0.5, 0.6) is 0 Å². The van der Waals surface area contributed by atoms with Crippen LogP contribution in [-0.4, -0.2) is 62.5 Å². The summed E-state index contributed by atoms with van der Waals surface area (Å²) in [5.74, 6) is -1.17. The number of piperazine rings is 1. The van der Waals surface area contributed by atoms with Gasteiger partial charge in [-0.2, -0.15) is 13.2 Å². The van der Waals surface area contributed by atoms with E-state index < -0.39 is 23.8 Å². The Balaban J connectivity index is 1.22. The Bertz CT molecular complexity index is 1650. The average molecular weight is 631 g/mol. The molecular formula is C35H33F3N4O4. The van der Waals surface area contributed by atoms with Gasteiger partial charge in [0.05, 0.1) is 12.7 Å². The first-order chi connectivity index (χ1) is 22.1. The van der Waals surface area contributed by atoms with Gasteiger partial charge in [-0.25, -0.2) is 0 Å². The van der Waals surface area contributed by atoms with Crippen LogP contribution in [0.4, 0.5) is 24.5 Å². The maximum Gasteiger partial charge on any atom is 0.416 e. The molecule has 8 nitrogen and oxygen atoms in total. The van der Waals surface area contributed by atoms with Crippen molar-refractivity contribution in [3.8, 4) is 11.1 Å². The van der Waals surface area contributed by atoms with Gasteiger partial charge in [0, 0.05) is 43.1 Å². The summed E-state index contributed by atoms with van der Waals surface area (Å²) in [5.41, 5.74) is 2.97.